The minimum Gasteiger partial charge on any atom is -0.395 e. The van der Waals surface area contributed by atoms with Crippen molar-refractivity contribution >= 4 is 28.4 Å². The number of pyridine rings is 1. The van der Waals surface area contributed by atoms with Crippen molar-refractivity contribution in [3.05, 3.63) is 48.3 Å². The van der Waals surface area contributed by atoms with Crippen LogP contribution in [0.15, 0.2) is 42.7 Å². The molecule has 2 N–H and O–H groups in total. The minimum atomic E-state index is 0.0532. The summed E-state index contributed by atoms with van der Waals surface area (Å²) in [6.45, 7) is 10.8. The number of rotatable bonds is 6. The molecule has 0 saturated carbocycles. The maximum Gasteiger partial charge on any atom is 0.227 e. The van der Waals surface area contributed by atoms with Crippen LogP contribution in [0.2, 0.25) is 0 Å². The van der Waals surface area contributed by atoms with Crippen LogP contribution in [-0.2, 0) is 4.74 Å². The molecule has 6 rings (SSSR count). The Labute approximate surface area is 235 Å². The van der Waals surface area contributed by atoms with Crippen LogP contribution >= 0.6 is 0 Å². The molecule has 3 fully saturated rings. The Morgan fingerprint density at radius 2 is 1.88 bits per heavy atom. The third-order valence-electron chi connectivity index (χ3n) is 8.08. The summed E-state index contributed by atoms with van der Waals surface area (Å²) in [4.78, 5) is 23.2. The van der Waals surface area contributed by atoms with Crippen molar-refractivity contribution in [3.63, 3.8) is 0 Å². The van der Waals surface area contributed by atoms with Gasteiger partial charge >= 0.3 is 0 Å². The molecule has 0 amide bonds. The third-order valence-corrected chi connectivity index (χ3v) is 8.08. The summed E-state index contributed by atoms with van der Waals surface area (Å²) in [5.41, 5.74) is 2.47. The maximum absolute atomic E-state index is 9.54. The lowest BCUT2D eigenvalue weighted by molar-refractivity contribution is -0.0327. The summed E-state index contributed by atoms with van der Waals surface area (Å²) in [5, 5.41) is 23.4. The number of nitriles is 1. The smallest absolute Gasteiger partial charge is 0.227 e. The Bertz CT molecular complexity index is 1360. The van der Waals surface area contributed by atoms with Gasteiger partial charge in [0.05, 0.1) is 29.9 Å². The van der Waals surface area contributed by atoms with E-state index < -0.39 is 0 Å². The molecule has 40 heavy (non-hydrogen) atoms. The Balaban J connectivity index is 1.08. The first-order valence-electron chi connectivity index (χ1n) is 14.2. The number of nitrogens with one attached hydrogen (secondary N) is 1. The van der Waals surface area contributed by atoms with Crippen molar-refractivity contribution in [2.45, 2.75) is 25.2 Å². The van der Waals surface area contributed by atoms with E-state index in [0.717, 1.165) is 87.3 Å². The molecule has 0 aliphatic carbocycles. The number of hydrogen-bond donors (Lipinski definition) is 2. The first-order chi connectivity index (χ1) is 19.6. The van der Waals surface area contributed by atoms with E-state index in [-0.39, 0.29) is 24.9 Å². The SMILES string of the molecule is C[C@@H]1CN(c2ccc(C#N)c3ncccc23)C[C@H](CN2CCN(c3ccnc(N4CCN[C@@H](CO)C4)n3)CC2)O1. The van der Waals surface area contributed by atoms with Crippen LogP contribution < -0.4 is 20.0 Å². The van der Waals surface area contributed by atoms with Crippen molar-refractivity contribution in [3.8, 4) is 6.07 Å². The molecule has 3 atom stereocenters. The van der Waals surface area contributed by atoms with Gasteiger partial charge in [0.2, 0.25) is 5.95 Å². The van der Waals surface area contributed by atoms with E-state index in [9.17, 15) is 10.4 Å². The van der Waals surface area contributed by atoms with E-state index in [4.69, 9.17) is 9.72 Å². The second kappa shape index (κ2) is 11.9. The number of nitrogens with zero attached hydrogens (tertiary/aromatic N) is 8. The third kappa shape index (κ3) is 5.67. The van der Waals surface area contributed by atoms with Crippen LogP contribution in [-0.4, -0.2) is 115 Å². The number of benzene rings is 1. The van der Waals surface area contributed by atoms with Gasteiger partial charge in [0.25, 0.3) is 0 Å². The van der Waals surface area contributed by atoms with Gasteiger partial charge in [-0.25, -0.2) is 4.98 Å². The van der Waals surface area contributed by atoms with Crippen molar-refractivity contribution in [1.29, 1.82) is 5.26 Å². The van der Waals surface area contributed by atoms with E-state index in [1.165, 1.54) is 0 Å². The average molecular weight is 544 g/mol. The highest BCUT2D eigenvalue weighted by Crippen LogP contribution is 2.30. The van der Waals surface area contributed by atoms with Crippen LogP contribution in [0.3, 0.4) is 0 Å². The molecule has 3 aromatic rings. The summed E-state index contributed by atoms with van der Waals surface area (Å²) < 4.78 is 6.40. The standard InChI is InChI=1S/C29H37N9O2/c1-21-16-38(26-5-4-22(15-30)28-25(26)3-2-7-32-28)19-24(40-21)18-35-11-13-36(14-12-35)27-6-8-33-29(34-27)37-10-9-31-23(17-37)20-39/h2-8,21,23-24,31,39H,9-14,16-20H2,1H3/t21-,23-,24+/m1/s1. The molecule has 3 saturated heterocycles. The number of fused-ring (bicyclic) bond motifs is 1. The number of ether oxygens (including phenoxy) is 1. The predicted molar refractivity (Wildman–Crippen MR) is 155 cm³/mol. The zero-order valence-corrected chi connectivity index (χ0v) is 23.0. The number of anilines is 3. The Kier molecular flexibility index (Phi) is 7.93. The highest BCUT2D eigenvalue weighted by atomic mass is 16.5. The van der Waals surface area contributed by atoms with Crippen LogP contribution in [0.25, 0.3) is 10.9 Å². The summed E-state index contributed by atoms with van der Waals surface area (Å²) in [5.74, 6) is 1.69. The Morgan fingerprint density at radius 1 is 1.00 bits per heavy atom. The van der Waals surface area contributed by atoms with Crippen molar-refractivity contribution in [2.24, 2.45) is 0 Å². The van der Waals surface area contributed by atoms with Crippen LogP contribution in [0.5, 0.6) is 0 Å². The first-order valence-corrected chi connectivity index (χ1v) is 14.2. The van der Waals surface area contributed by atoms with Crippen LogP contribution in [0.4, 0.5) is 17.5 Å². The summed E-state index contributed by atoms with van der Waals surface area (Å²) >= 11 is 0. The van der Waals surface area contributed by atoms with Gasteiger partial charge in [0.15, 0.2) is 0 Å². The first kappa shape index (κ1) is 26.7. The van der Waals surface area contributed by atoms with Gasteiger partial charge in [-0.05, 0) is 37.3 Å². The normalized spacial score (nSPS) is 24.3. The average Bonchev–Trinajstić information content (AvgIpc) is 3.00. The summed E-state index contributed by atoms with van der Waals surface area (Å²) in [6.07, 6.45) is 3.79. The predicted octanol–water partition coefficient (Wildman–Crippen LogP) is 1.08. The van der Waals surface area contributed by atoms with Crippen molar-refractivity contribution < 1.29 is 9.84 Å². The molecule has 0 unspecified atom stereocenters. The Hall–Kier alpha value is -3.56. The van der Waals surface area contributed by atoms with E-state index in [2.05, 4.69) is 60.0 Å². The van der Waals surface area contributed by atoms with Crippen molar-refractivity contribution in [2.75, 3.05) is 86.8 Å². The van der Waals surface area contributed by atoms with E-state index in [1.807, 2.05) is 24.4 Å². The Morgan fingerprint density at radius 3 is 2.70 bits per heavy atom. The number of morpholine rings is 1. The fraction of sp³-hybridized carbons (Fsp3) is 0.517. The second-order valence-electron chi connectivity index (χ2n) is 10.9. The molecule has 0 bridgehead atoms. The molecule has 210 valence electrons. The number of piperazine rings is 2. The molecule has 5 heterocycles. The quantitative estimate of drug-likeness (QED) is 0.465. The van der Waals surface area contributed by atoms with Gasteiger partial charge in [0, 0.05) is 95.0 Å². The van der Waals surface area contributed by atoms with Gasteiger partial charge in [-0.2, -0.15) is 10.2 Å². The highest BCUT2D eigenvalue weighted by Gasteiger charge is 2.30. The molecule has 11 heteroatoms. The molecule has 1 aromatic carbocycles. The summed E-state index contributed by atoms with van der Waals surface area (Å²) in [7, 11) is 0. The van der Waals surface area contributed by atoms with Gasteiger partial charge < -0.3 is 29.9 Å². The second-order valence-corrected chi connectivity index (χ2v) is 10.9. The monoisotopic (exact) mass is 543 g/mol. The number of hydrogen-bond acceptors (Lipinski definition) is 11. The molecule has 0 spiro atoms. The van der Waals surface area contributed by atoms with Crippen LogP contribution in [0.1, 0.15) is 12.5 Å². The highest BCUT2D eigenvalue weighted by molar-refractivity contribution is 5.95. The van der Waals surface area contributed by atoms with Gasteiger partial charge in [-0.15, -0.1) is 0 Å². The zero-order valence-electron chi connectivity index (χ0n) is 23.0. The number of aliphatic hydroxyl groups is 1. The van der Waals surface area contributed by atoms with Crippen molar-refractivity contribution in [1.82, 2.24) is 25.2 Å². The lowest BCUT2D eigenvalue weighted by atomic mass is 10.1. The zero-order chi connectivity index (χ0) is 27.5. The fourth-order valence-corrected chi connectivity index (χ4v) is 6.11. The fourth-order valence-electron chi connectivity index (χ4n) is 6.11. The molecule has 3 aliphatic heterocycles. The van der Waals surface area contributed by atoms with E-state index >= 15 is 0 Å². The topological polar surface area (TPSA) is 117 Å². The number of aliphatic hydroxyl groups excluding tert-OH is 1. The molecule has 3 aliphatic rings. The van der Waals surface area contributed by atoms with E-state index in [1.54, 1.807) is 6.20 Å². The summed E-state index contributed by atoms with van der Waals surface area (Å²) in [6, 6.07) is 12.2. The van der Waals surface area contributed by atoms with Crippen LogP contribution in [0, 0.1) is 11.3 Å². The molecule has 2 aromatic heterocycles. The molecular formula is C29H37N9O2. The molecule has 0 radical (unpaired) electrons. The van der Waals surface area contributed by atoms with E-state index in [0.29, 0.717) is 12.1 Å². The lowest BCUT2D eigenvalue weighted by Crippen LogP contribution is -2.54. The van der Waals surface area contributed by atoms with Gasteiger partial charge in [-0.3, -0.25) is 9.88 Å². The molecular weight excluding hydrogens is 506 g/mol. The van der Waals surface area contributed by atoms with Gasteiger partial charge in [0.1, 0.15) is 11.9 Å². The van der Waals surface area contributed by atoms with Gasteiger partial charge in [-0.1, -0.05) is 0 Å². The molecule has 11 nitrogen and oxygen atoms in total. The maximum atomic E-state index is 9.54. The lowest BCUT2D eigenvalue weighted by Gasteiger charge is -2.42. The largest absolute Gasteiger partial charge is 0.395 e. The minimum absolute atomic E-state index is 0.0532. The number of aromatic nitrogens is 3.